The lowest BCUT2D eigenvalue weighted by Gasteiger charge is -2.35. The first-order chi connectivity index (χ1) is 18.4. The topological polar surface area (TPSA) is 113 Å². The lowest BCUT2D eigenvalue weighted by Crippen LogP contribution is -2.46. The van der Waals surface area contributed by atoms with E-state index < -0.39 is 5.82 Å². The van der Waals surface area contributed by atoms with E-state index in [0.717, 1.165) is 44.6 Å². The number of amides is 1. The Morgan fingerprint density at radius 2 is 2.05 bits per heavy atom. The van der Waals surface area contributed by atoms with Gasteiger partial charge in [0.2, 0.25) is 5.95 Å². The number of halogens is 2. The Balaban J connectivity index is 1.32. The van der Waals surface area contributed by atoms with Gasteiger partial charge in [-0.15, -0.1) is 0 Å². The van der Waals surface area contributed by atoms with Crippen molar-refractivity contribution in [3.8, 4) is 6.07 Å². The summed E-state index contributed by atoms with van der Waals surface area (Å²) in [7, 11) is 0. The molecule has 2 N–H and O–H groups in total. The fourth-order valence-electron chi connectivity index (χ4n) is 4.59. The van der Waals surface area contributed by atoms with Gasteiger partial charge in [0.1, 0.15) is 28.4 Å². The zero-order chi connectivity index (χ0) is 26.6. The number of piperazine rings is 1. The van der Waals surface area contributed by atoms with Crippen LogP contribution < -0.4 is 15.5 Å². The molecule has 0 saturated carbocycles. The quantitative estimate of drug-likeness (QED) is 0.449. The summed E-state index contributed by atoms with van der Waals surface area (Å²) in [6.45, 7) is 7.64. The van der Waals surface area contributed by atoms with Gasteiger partial charge in [-0.3, -0.25) is 4.79 Å². The second-order valence-corrected chi connectivity index (χ2v) is 10.6. The number of anilines is 4. The summed E-state index contributed by atoms with van der Waals surface area (Å²) in [5.41, 5.74) is 0.00573. The van der Waals surface area contributed by atoms with Gasteiger partial charge in [0.15, 0.2) is 5.13 Å². The van der Waals surface area contributed by atoms with Crippen LogP contribution in [0.3, 0.4) is 0 Å². The van der Waals surface area contributed by atoms with Crippen molar-refractivity contribution in [1.82, 2.24) is 24.8 Å². The highest BCUT2D eigenvalue weighted by Gasteiger charge is 2.29. The van der Waals surface area contributed by atoms with Crippen molar-refractivity contribution in [2.24, 2.45) is 0 Å². The highest BCUT2D eigenvalue weighted by atomic mass is 35.5. The fraction of sp³-hybridized carbons (Fsp3) is 0.400. The molecule has 1 amide bonds. The largest absolute Gasteiger partial charge is 0.354 e. The lowest BCUT2D eigenvalue weighted by atomic mass is 10.2. The maximum absolute atomic E-state index is 14.3. The van der Waals surface area contributed by atoms with Crippen LogP contribution in [-0.4, -0.2) is 82.5 Å². The first-order valence-corrected chi connectivity index (χ1v) is 13.6. The Kier molecular flexibility index (Phi) is 7.87. The maximum atomic E-state index is 14.3. The molecule has 0 radical (unpaired) electrons. The summed E-state index contributed by atoms with van der Waals surface area (Å²) in [6, 6.07) is 7.96. The standard InChI is InChI=1S/C25H27ClFN9OS/c1-2-34-7-9-35(10-8-34)22-12-21(32-25-29-14-18(13-28)38-25)31-24(33-22)30-17-5-6-36(15-17)23(37)19-4-3-16(26)11-20(19)27/h3-4,11-12,14,17H,2,5-10,15H2,1H3,(H2,29,30,31,32,33)/t17-/m0/s1. The normalized spacial score (nSPS) is 17.9. The minimum atomic E-state index is -0.629. The molecule has 198 valence electrons. The summed E-state index contributed by atoms with van der Waals surface area (Å²) in [6.07, 6.45) is 2.19. The smallest absolute Gasteiger partial charge is 0.256 e. The second kappa shape index (κ2) is 11.5. The van der Waals surface area contributed by atoms with Gasteiger partial charge in [0, 0.05) is 56.4 Å². The molecule has 0 bridgehead atoms. The van der Waals surface area contributed by atoms with Gasteiger partial charge in [-0.1, -0.05) is 29.9 Å². The Bertz CT molecular complexity index is 1350. The Morgan fingerprint density at radius 3 is 2.76 bits per heavy atom. The molecular formula is C25H27ClFN9OS. The Hall–Kier alpha value is -3.53. The van der Waals surface area contributed by atoms with Gasteiger partial charge >= 0.3 is 0 Å². The molecule has 1 aromatic carbocycles. The first kappa shape index (κ1) is 26.1. The van der Waals surface area contributed by atoms with E-state index in [1.54, 1.807) is 4.90 Å². The molecule has 2 aliphatic heterocycles. The molecule has 10 nitrogen and oxygen atoms in total. The van der Waals surface area contributed by atoms with Crippen LogP contribution in [0.1, 0.15) is 28.6 Å². The number of rotatable bonds is 7. The predicted molar refractivity (Wildman–Crippen MR) is 146 cm³/mol. The molecule has 4 heterocycles. The number of aromatic nitrogens is 3. The molecule has 0 aliphatic carbocycles. The fourth-order valence-corrected chi connectivity index (χ4v) is 5.37. The summed E-state index contributed by atoms with van der Waals surface area (Å²) in [5, 5.41) is 16.5. The van der Waals surface area contributed by atoms with Crippen molar-refractivity contribution in [2.45, 2.75) is 19.4 Å². The number of nitrogens with zero attached hydrogens (tertiary/aromatic N) is 7. The van der Waals surface area contributed by atoms with Gasteiger partial charge in [-0.2, -0.15) is 15.2 Å². The van der Waals surface area contributed by atoms with E-state index in [1.807, 2.05) is 6.07 Å². The molecule has 38 heavy (non-hydrogen) atoms. The average Bonchev–Trinajstić information content (AvgIpc) is 3.58. The molecule has 2 saturated heterocycles. The molecule has 5 rings (SSSR count). The molecule has 3 aromatic rings. The van der Waals surface area contributed by atoms with Crippen LogP contribution in [0.25, 0.3) is 0 Å². The van der Waals surface area contributed by atoms with Crippen LogP contribution in [0.4, 0.5) is 27.1 Å². The lowest BCUT2D eigenvalue weighted by molar-refractivity contribution is 0.0787. The number of carbonyl (C=O) groups is 1. The van der Waals surface area contributed by atoms with Gasteiger partial charge in [-0.25, -0.2) is 9.37 Å². The van der Waals surface area contributed by atoms with Gasteiger partial charge < -0.3 is 25.3 Å². The van der Waals surface area contributed by atoms with Crippen LogP contribution in [0.5, 0.6) is 0 Å². The average molecular weight is 556 g/mol. The molecule has 2 aliphatic rings. The number of hydrogen-bond acceptors (Lipinski definition) is 10. The Morgan fingerprint density at radius 1 is 1.24 bits per heavy atom. The maximum Gasteiger partial charge on any atom is 0.256 e. The molecule has 2 fully saturated rings. The number of hydrogen-bond donors (Lipinski definition) is 2. The number of likely N-dealkylation sites (N-methyl/N-ethyl adjacent to an activating group) is 1. The van der Waals surface area contributed by atoms with Crippen molar-refractivity contribution in [3.05, 3.63) is 51.7 Å². The molecule has 2 aromatic heterocycles. The molecule has 0 spiro atoms. The number of thiazole rings is 1. The molecular weight excluding hydrogens is 529 g/mol. The highest BCUT2D eigenvalue weighted by Crippen LogP contribution is 2.26. The first-order valence-electron chi connectivity index (χ1n) is 12.4. The van der Waals surface area contributed by atoms with E-state index >= 15 is 0 Å². The third kappa shape index (κ3) is 5.96. The van der Waals surface area contributed by atoms with Crippen molar-refractivity contribution in [1.29, 1.82) is 5.26 Å². The van der Waals surface area contributed by atoms with Gasteiger partial charge in [0.05, 0.1) is 11.8 Å². The van der Waals surface area contributed by atoms with Gasteiger partial charge in [-0.05, 0) is 31.2 Å². The molecule has 0 unspecified atom stereocenters. The second-order valence-electron chi connectivity index (χ2n) is 9.13. The molecule has 13 heteroatoms. The number of nitriles is 1. The van der Waals surface area contributed by atoms with Crippen LogP contribution in [0.2, 0.25) is 5.02 Å². The minimum absolute atomic E-state index is 0.00573. The highest BCUT2D eigenvalue weighted by molar-refractivity contribution is 7.16. The van der Waals surface area contributed by atoms with Gasteiger partial charge in [0.25, 0.3) is 5.91 Å². The Labute approximate surface area is 229 Å². The van der Waals surface area contributed by atoms with E-state index in [1.165, 1.54) is 29.7 Å². The van der Waals surface area contributed by atoms with E-state index in [2.05, 4.69) is 43.4 Å². The summed E-state index contributed by atoms with van der Waals surface area (Å²) in [5.74, 6) is 0.772. The zero-order valence-electron chi connectivity index (χ0n) is 20.8. The van der Waals surface area contributed by atoms with Crippen LogP contribution >= 0.6 is 22.9 Å². The van der Waals surface area contributed by atoms with Crippen molar-refractivity contribution in [2.75, 3.05) is 61.3 Å². The van der Waals surface area contributed by atoms with E-state index in [4.69, 9.17) is 21.8 Å². The van der Waals surface area contributed by atoms with Crippen LogP contribution in [0.15, 0.2) is 30.5 Å². The third-order valence-corrected chi connectivity index (χ3v) is 7.73. The van der Waals surface area contributed by atoms with E-state index in [-0.39, 0.29) is 22.5 Å². The number of nitrogens with one attached hydrogen (secondary N) is 2. The SMILES string of the molecule is CCN1CCN(c2cc(Nc3ncc(C#N)s3)nc(N[C@H]3CCN(C(=O)c4ccc(Cl)cc4F)C3)n2)CC1. The van der Waals surface area contributed by atoms with Crippen LogP contribution in [0, 0.1) is 17.1 Å². The van der Waals surface area contributed by atoms with E-state index in [9.17, 15) is 9.18 Å². The predicted octanol–water partition coefficient (Wildman–Crippen LogP) is 3.81. The number of likely N-dealkylation sites (tertiary alicyclic amines) is 1. The zero-order valence-corrected chi connectivity index (χ0v) is 22.4. The minimum Gasteiger partial charge on any atom is -0.354 e. The van der Waals surface area contributed by atoms with E-state index in [0.29, 0.717) is 41.3 Å². The molecule has 1 atom stereocenters. The van der Waals surface area contributed by atoms with Crippen molar-refractivity contribution >= 4 is 51.6 Å². The van der Waals surface area contributed by atoms with Crippen LogP contribution in [-0.2, 0) is 0 Å². The van der Waals surface area contributed by atoms with Crippen molar-refractivity contribution < 1.29 is 9.18 Å². The summed E-state index contributed by atoms with van der Waals surface area (Å²) >= 11 is 7.08. The van der Waals surface area contributed by atoms with Crippen molar-refractivity contribution in [3.63, 3.8) is 0 Å². The summed E-state index contributed by atoms with van der Waals surface area (Å²) in [4.78, 5) is 33.3. The number of benzene rings is 1. The summed E-state index contributed by atoms with van der Waals surface area (Å²) < 4.78 is 14.3. The monoisotopic (exact) mass is 555 g/mol. The third-order valence-electron chi connectivity index (χ3n) is 6.68. The number of carbonyl (C=O) groups excluding carboxylic acids is 1.